The van der Waals surface area contributed by atoms with Crippen LogP contribution in [0.5, 0.6) is 0 Å². The molecule has 0 N–H and O–H groups in total. The van der Waals surface area contributed by atoms with Gasteiger partial charge in [0.15, 0.2) is 0 Å². The zero-order chi connectivity index (χ0) is 18.2. The first-order chi connectivity index (χ1) is 12.7. The first kappa shape index (κ1) is 18.7. The van der Waals surface area contributed by atoms with Gasteiger partial charge in [-0.1, -0.05) is 48.2 Å². The normalized spacial score (nSPS) is 18.2. The predicted octanol–water partition coefficient (Wildman–Crippen LogP) is 3.10. The molecule has 0 radical (unpaired) electrons. The molecule has 0 saturated carbocycles. The van der Waals surface area contributed by atoms with Crippen molar-refractivity contribution < 1.29 is 4.74 Å². The second-order valence-electron chi connectivity index (χ2n) is 7.21. The monoisotopic (exact) mass is 348 g/mol. The van der Waals surface area contributed by atoms with Gasteiger partial charge >= 0.3 is 0 Å². The standard InChI is InChI=1S/C23H28N2O/c1-24(2)16-21-17-25(14-15-26-19-21)18-23-11-7-6-10-22(23)13-12-20-8-4-3-5-9-20/h3-11,21H,14-19H2,1-2H3/t21-/m0/s1. The molecule has 2 aromatic carbocycles. The fourth-order valence-electron chi connectivity index (χ4n) is 3.41. The summed E-state index contributed by atoms with van der Waals surface area (Å²) in [4.78, 5) is 4.75. The van der Waals surface area contributed by atoms with Crippen molar-refractivity contribution in [3.05, 3.63) is 71.3 Å². The maximum absolute atomic E-state index is 5.82. The molecule has 0 aliphatic carbocycles. The molecule has 0 bridgehead atoms. The van der Waals surface area contributed by atoms with E-state index < -0.39 is 0 Å². The summed E-state index contributed by atoms with van der Waals surface area (Å²) in [5.41, 5.74) is 3.46. The van der Waals surface area contributed by atoms with Gasteiger partial charge in [0.25, 0.3) is 0 Å². The number of rotatable bonds is 4. The minimum absolute atomic E-state index is 0.551. The Bertz CT molecular complexity index is 746. The van der Waals surface area contributed by atoms with Crippen molar-refractivity contribution in [2.75, 3.05) is 46.9 Å². The minimum atomic E-state index is 0.551. The summed E-state index contributed by atoms with van der Waals surface area (Å²) in [6.45, 7) is 5.69. The molecule has 1 fully saturated rings. The fraction of sp³-hybridized carbons (Fsp3) is 0.391. The van der Waals surface area contributed by atoms with Gasteiger partial charge in [0.2, 0.25) is 0 Å². The van der Waals surface area contributed by atoms with Gasteiger partial charge in [-0.05, 0) is 37.9 Å². The minimum Gasteiger partial charge on any atom is -0.380 e. The lowest BCUT2D eigenvalue weighted by Gasteiger charge is -2.25. The Kier molecular flexibility index (Phi) is 6.85. The molecule has 0 aromatic heterocycles. The van der Waals surface area contributed by atoms with E-state index in [2.05, 4.69) is 60.0 Å². The lowest BCUT2D eigenvalue weighted by molar-refractivity contribution is 0.112. The van der Waals surface area contributed by atoms with Crippen LogP contribution in [0.1, 0.15) is 16.7 Å². The topological polar surface area (TPSA) is 15.7 Å². The van der Waals surface area contributed by atoms with E-state index in [4.69, 9.17) is 4.74 Å². The van der Waals surface area contributed by atoms with E-state index in [1.165, 1.54) is 5.56 Å². The Balaban J connectivity index is 1.72. The Morgan fingerprint density at radius 2 is 1.81 bits per heavy atom. The summed E-state index contributed by atoms with van der Waals surface area (Å²) < 4.78 is 5.82. The molecule has 3 heteroatoms. The van der Waals surface area contributed by atoms with E-state index >= 15 is 0 Å². The van der Waals surface area contributed by atoms with Crippen molar-refractivity contribution in [2.24, 2.45) is 5.92 Å². The zero-order valence-electron chi connectivity index (χ0n) is 15.8. The SMILES string of the molecule is CN(C)C[C@@H]1COCCN(Cc2ccccc2C#Cc2ccccc2)C1. The second kappa shape index (κ2) is 9.54. The zero-order valence-corrected chi connectivity index (χ0v) is 15.8. The Labute approximate surface area is 157 Å². The van der Waals surface area contributed by atoms with Crippen molar-refractivity contribution in [1.82, 2.24) is 9.80 Å². The van der Waals surface area contributed by atoms with Gasteiger partial charge in [0, 0.05) is 43.2 Å². The molecule has 2 aromatic rings. The van der Waals surface area contributed by atoms with E-state index in [1.54, 1.807) is 0 Å². The Hall–Kier alpha value is -2.12. The van der Waals surface area contributed by atoms with E-state index in [0.717, 1.165) is 50.5 Å². The van der Waals surface area contributed by atoms with Crippen molar-refractivity contribution in [3.8, 4) is 11.8 Å². The number of nitrogens with zero attached hydrogens (tertiary/aromatic N) is 2. The molecule has 3 rings (SSSR count). The van der Waals surface area contributed by atoms with Crippen molar-refractivity contribution in [2.45, 2.75) is 6.54 Å². The molecule has 0 spiro atoms. The average molecular weight is 348 g/mol. The Morgan fingerprint density at radius 1 is 1.04 bits per heavy atom. The van der Waals surface area contributed by atoms with Crippen LogP contribution in [-0.4, -0.2) is 56.7 Å². The number of ether oxygens (including phenoxy) is 1. The van der Waals surface area contributed by atoms with Gasteiger partial charge < -0.3 is 9.64 Å². The predicted molar refractivity (Wildman–Crippen MR) is 107 cm³/mol. The van der Waals surface area contributed by atoms with E-state index in [0.29, 0.717) is 5.92 Å². The second-order valence-corrected chi connectivity index (χ2v) is 7.21. The van der Waals surface area contributed by atoms with Crippen LogP contribution in [0.3, 0.4) is 0 Å². The van der Waals surface area contributed by atoms with Crippen LogP contribution < -0.4 is 0 Å². The van der Waals surface area contributed by atoms with Crippen LogP contribution in [0.15, 0.2) is 54.6 Å². The summed E-state index contributed by atoms with van der Waals surface area (Å²) in [6.07, 6.45) is 0. The molecule has 1 heterocycles. The van der Waals surface area contributed by atoms with Crippen LogP contribution >= 0.6 is 0 Å². The first-order valence-electron chi connectivity index (χ1n) is 9.30. The summed E-state index contributed by atoms with van der Waals surface area (Å²) >= 11 is 0. The number of benzene rings is 2. The smallest absolute Gasteiger partial charge is 0.0593 e. The van der Waals surface area contributed by atoms with Crippen LogP contribution in [0.25, 0.3) is 0 Å². The van der Waals surface area contributed by atoms with Gasteiger partial charge in [-0.2, -0.15) is 0 Å². The van der Waals surface area contributed by atoms with Crippen LogP contribution in [0.2, 0.25) is 0 Å². The molecule has 1 aliphatic heterocycles. The number of hydrogen-bond donors (Lipinski definition) is 0. The molecule has 0 amide bonds. The van der Waals surface area contributed by atoms with Crippen LogP contribution in [0, 0.1) is 17.8 Å². The maximum atomic E-state index is 5.82. The average Bonchev–Trinajstić information content (AvgIpc) is 2.86. The lowest BCUT2D eigenvalue weighted by atomic mass is 10.1. The van der Waals surface area contributed by atoms with Gasteiger partial charge in [-0.3, -0.25) is 4.90 Å². The molecular weight excluding hydrogens is 320 g/mol. The summed E-state index contributed by atoms with van der Waals surface area (Å²) in [7, 11) is 4.26. The van der Waals surface area contributed by atoms with E-state index in [1.807, 2.05) is 30.3 Å². The summed E-state index contributed by atoms with van der Waals surface area (Å²) in [5, 5.41) is 0. The molecule has 1 atom stereocenters. The molecule has 136 valence electrons. The van der Waals surface area contributed by atoms with Crippen LogP contribution in [0.4, 0.5) is 0 Å². The molecular formula is C23H28N2O. The van der Waals surface area contributed by atoms with Gasteiger partial charge in [0.1, 0.15) is 0 Å². The van der Waals surface area contributed by atoms with Crippen molar-refractivity contribution in [3.63, 3.8) is 0 Å². The molecule has 0 unspecified atom stereocenters. The highest BCUT2D eigenvalue weighted by Gasteiger charge is 2.19. The van der Waals surface area contributed by atoms with Crippen molar-refractivity contribution >= 4 is 0 Å². The van der Waals surface area contributed by atoms with Gasteiger partial charge in [0.05, 0.1) is 13.2 Å². The fourth-order valence-corrected chi connectivity index (χ4v) is 3.41. The highest BCUT2D eigenvalue weighted by Crippen LogP contribution is 2.15. The van der Waals surface area contributed by atoms with E-state index in [-0.39, 0.29) is 0 Å². The lowest BCUT2D eigenvalue weighted by Crippen LogP contribution is -2.34. The highest BCUT2D eigenvalue weighted by atomic mass is 16.5. The third-order valence-corrected chi connectivity index (χ3v) is 4.57. The largest absolute Gasteiger partial charge is 0.380 e. The van der Waals surface area contributed by atoms with Crippen molar-refractivity contribution in [1.29, 1.82) is 0 Å². The molecule has 1 aliphatic rings. The maximum Gasteiger partial charge on any atom is 0.0593 e. The molecule has 1 saturated heterocycles. The molecule has 3 nitrogen and oxygen atoms in total. The Morgan fingerprint density at radius 3 is 2.62 bits per heavy atom. The molecule has 26 heavy (non-hydrogen) atoms. The highest BCUT2D eigenvalue weighted by molar-refractivity contribution is 5.46. The first-order valence-corrected chi connectivity index (χ1v) is 9.30. The van der Waals surface area contributed by atoms with E-state index in [9.17, 15) is 0 Å². The summed E-state index contributed by atoms with van der Waals surface area (Å²) in [6, 6.07) is 18.7. The van der Waals surface area contributed by atoms with Gasteiger partial charge in [-0.25, -0.2) is 0 Å². The quantitative estimate of drug-likeness (QED) is 0.790. The third kappa shape index (κ3) is 5.71. The van der Waals surface area contributed by atoms with Gasteiger partial charge in [-0.15, -0.1) is 0 Å². The summed E-state index contributed by atoms with van der Waals surface area (Å²) in [5.74, 6) is 7.20. The van der Waals surface area contributed by atoms with Crippen LogP contribution in [-0.2, 0) is 11.3 Å². The third-order valence-electron chi connectivity index (χ3n) is 4.57. The number of hydrogen-bond acceptors (Lipinski definition) is 3.